The number of aryl methyl sites for hydroxylation is 1. The minimum absolute atomic E-state index is 0.155. The average Bonchev–Trinajstić information content (AvgIpc) is 2.89. The van der Waals surface area contributed by atoms with Crippen LogP contribution >= 0.6 is 0 Å². The largest absolute Gasteiger partial charge is 0.508 e. The normalized spacial score (nSPS) is 30.4. The van der Waals surface area contributed by atoms with E-state index in [9.17, 15) is 5.11 Å². The Morgan fingerprint density at radius 1 is 1.15 bits per heavy atom. The van der Waals surface area contributed by atoms with Crippen molar-refractivity contribution in [2.45, 2.75) is 37.5 Å². The first-order chi connectivity index (χ1) is 9.72. The highest BCUT2D eigenvalue weighted by atomic mass is 16.5. The molecule has 0 spiro atoms. The minimum Gasteiger partial charge on any atom is -0.508 e. The van der Waals surface area contributed by atoms with Crippen LogP contribution in [0.2, 0.25) is 0 Å². The van der Waals surface area contributed by atoms with Gasteiger partial charge in [-0.1, -0.05) is 6.07 Å². The molecular weight excluding hydrogens is 254 g/mol. The molecule has 4 heteroatoms. The third-order valence-corrected chi connectivity index (χ3v) is 4.70. The Bertz CT molecular complexity index is 465. The Kier molecular flexibility index (Phi) is 3.96. The van der Waals surface area contributed by atoms with Gasteiger partial charge in [-0.15, -0.1) is 0 Å². The van der Waals surface area contributed by atoms with Crippen LogP contribution in [-0.2, 0) is 15.9 Å². The van der Waals surface area contributed by atoms with Gasteiger partial charge in [0.1, 0.15) is 5.75 Å². The number of aromatic hydroxyl groups is 1. The summed E-state index contributed by atoms with van der Waals surface area (Å²) < 4.78 is 11.1. The van der Waals surface area contributed by atoms with Crippen molar-refractivity contribution in [3.63, 3.8) is 0 Å². The molecule has 1 heterocycles. The summed E-state index contributed by atoms with van der Waals surface area (Å²) in [7, 11) is 3.51. The van der Waals surface area contributed by atoms with Crippen molar-refractivity contribution in [2.75, 3.05) is 27.3 Å². The number of phenols is 1. The van der Waals surface area contributed by atoms with E-state index in [1.54, 1.807) is 20.3 Å². The Hall–Kier alpha value is -1.10. The number of nitrogens with zero attached hydrogens (tertiary/aromatic N) is 1. The predicted molar refractivity (Wildman–Crippen MR) is 77.0 cm³/mol. The summed E-state index contributed by atoms with van der Waals surface area (Å²) in [4.78, 5) is 2.47. The molecule has 20 heavy (non-hydrogen) atoms. The molecule has 1 aromatic carbocycles. The maximum atomic E-state index is 9.65. The van der Waals surface area contributed by atoms with Gasteiger partial charge in [-0.25, -0.2) is 0 Å². The summed E-state index contributed by atoms with van der Waals surface area (Å²) in [5.74, 6) is 0.371. The maximum absolute atomic E-state index is 9.65. The van der Waals surface area contributed by atoms with E-state index in [-0.39, 0.29) is 12.2 Å². The van der Waals surface area contributed by atoms with E-state index in [4.69, 9.17) is 9.47 Å². The first-order valence-electron chi connectivity index (χ1n) is 7.34. The summed E-state index contributed by atoms with van der Waals surface area (Å²) in [6.07, 6.45) is 3.72. The smallest absolute Gasteiger partial charge is 0.115 e. The Morgan fingerprint density at radius 3 is 2.50 bits per heavy atom. The molecule has 2 aliphatic rings. The number of phenolic OH excluding ortho intramolecular Hbond substituents is 1. The first kappa shape index (κ1) is 13.9. The Balaban J connectivity index is 1.83. The minimum atomic E-state index is 0.155. The van der Waals surface area contributed by atoms with Crippen LogP contribution in [0.15, 0.2) is 18.2 Å². The lowest BCUT2D eigenvalue weighted by Gasteiger charge is -2.33. The van der Waals surface area contributed by atoms with Crippen LogP contribution in [0.1, 0.15) is 30.0 Å². The molecule has 0 bridgehead atoms. The first-order valence-corrected chi connectivity index (χ1v) is 7.34. The van der Waals surface area contributed by atoms with Crippen molar-refractivity contribution in [1.82, 2.24) is 4.90 Å². The van der Waals surface area contributed by atoms with E-state index >= 15 is 0 Å². The number of hydrogen-bond acceptors (Lipinski definition) is 4. The molecule has 1 fully saturated rings. The molecule has 0 radical (unpaired) electrons. The zero-order valence-electron chi connectivity index (χ0n) is 12.2. The summed E-state index contributed by atoms with van der Waals surface area (Å²) in [6, 6.07) is 6.22. The number of rotatable bonds is 3. The van der Waals surface area contributed by atoms with Crippen LogP contribution in [0.25, 0.3) is 0 Å². The predicted octanol–water partition coefficient (Wildman–Crippen LogP) is 2.12. The van der Waals surface area contributed by atoms with Crippen LogP contribution in [0.4, 0.5) is 0 Å². The van der Waals surface area contributed by atoms with E-state index in [1.165, 1.54) is 24.0 Å². The Morgan fingerprint density at radius 2 is 1.85 bits per heavy atom. The van der Waals surface area contributed by atoms with Crippen LogP contribution < -0.4 is 0 Å². The number of benzene rings is 1. The third-order valence-electron chi connectivity index (χ3n) is 4.70. The molecule has 1 N–H and O–H groups in total. The summed E-state index contributed by atoms with van der Waals surface area (Å²) >= 11 is 0. The second-order valence-electron chi connectivity index (χ2n) is 5.79. The van der Waals surface area contributed by atoms with Crippen LogP contribution in [0, 0.1) is 0 Å². The van der Waals surface area contributed by atoms with Gasteiger partial charge in [0.15, 0.2) is 0 Å². The van der Waals surface area contributed by atoms with E-state index in [0.29, 0.717) is 11.8 Å². The molecule has 0 saturated carbocycles. The van der Waals surface area contributed by atoms with Gasteiger partial charge >= 0.3 is 0 Å². The lowest BCUT2D eigenvalue weighted by Crippen LogP contribution is -2.30. The molecule has 4 nitrogen and oxygen atoms in total. The fourth-order valence-electron chi connectivity index (χ4n) is 3.63. The second-order valence-corrected chi connectivity index (χ2v) is 5.79. The van der Waals surface area contributed by atoms with Gasteiger partial charge in [-0.05, 0) is 42.5 Å². The lowest BCUT2D eigenvalue weighted by atomic mass is 9.87. The van der Waals surface area contributed by atoms with Crippen molar-refractivity contribution in [2.24, 2.45) is 0 Å². The maximum Gasteiger partial charge on any atom is 0.115 e. The van der Waals surface area contributed by atoms with Gasteiger partial charge in [-0.3, -0.25) is 4.90 Å². The van der Waals surface area contributed by atoms with E-state index in [1.807, 2.05) is 6.07 Å². The molecule has 1 aliphatic carbocycles. The van der Waals surface area contributed by atoms with Crippen LogP contribution in [0.3, 0.4) is 0 Å². The zero-order chi connectivity index (χ0) is 14.1. The SMILES string of the molecule is COC1CN(C2CCCc3cc(O)ccc32)CC1OC. The van der Waals surface area contributed by atoms with Gasteiger partial charge in [-0.2, -0.15) is 0 Å². The number of fused-ring (bicyclic) bond motifs is 1. The topological polar surface area (TPSA) is 41.9 Å². The van der Waals surface area contributed by atoms with Crippen molar-refractivity contribution >= 4 is 0 Å². The number of likely N-dealkylation sites (tertiary alicyclic amines) is 1. The van der Waals surface area contributed by atoms with Crippen molar-refractivity contribution < 1.29 is 14.6 Å². The van der Waals surface area contributed by atoms with Crippen LogP contribution in [-0.4, -0.2) is 49.5 Å². The standard InChI is InChI=1S/C16H23NO3/c1-19-15-9-17(10-16(15)20-2)14-5-3-4-11-8-12(18)6-7-13(11)14/h6-8,14-16,18H,3-5,9-10H2,1-2H3. The Labute approximate surface area is 120 Å². The molecule has 1 aliphatic heterocycles. The molecule has 3 atom stereocenters. The quantitative estimate of drug-likeness (QED) is 0.919. The van der Waals surface area contributed by atoms with Crippen LogP contribution in [0.5, 0.6) is 5.75 Å². The highest BCUT2D eigenvalue weighted by Crippen LogP contribution is 2.38. The molecule has 3 unspecified atom stereocenters. The van der Waals surface area contributed by atoms with Gasteiger partial charge < -0.3 is 14.6 Å². The molecule has 110 valence electrons. The zero-order valence-corrected chi connectivity index (χ0v) is 12.2. The van der Waals surface area contributed by atoms with Gasteiger partial charge in [0.2, 0.25) is 0 Å². The van der Waals surface area contributed by atoms with Crippen molar-refractivity contribution in [3.05, 3.63) is 29.3 Å². The summed E-state index contributed by atoms with van der Waals surface area (Å²) in [5, 5.41) is 9.65. The third kappa shape index (κ3) is 2.43. The summed E-state index contributed by atoms with van der Waals surface area (Å²) in [6.45, 7) is 1.83. The lowest BCUT2D eigenvalue weighted by molar-refractivity contribution is -0.00461. The number of ether oxygens (including phenoxy) is 2. The molecule has 0 aromatic heterocycles. The van der Waals surface area contributed by atoms with Crippen molar-refractivity contribution in [1.29, 1.82) is 0 Å². The fraction of sp³-hybridized carbons (Fsp3) is 0.625. The van der Waals surface area contributed by atoms with Gasteiger partial charge in [0.25, 0.3) is 0 Å². The van der Waals surface area contributed by atoms with Crippen molar-refractivity contribution in [3.8, 4) is 5.75 Å². The fourth-order valence-corrected chi connectivity index (χ4v) is 3.63. The van der Waals surface area contributed by atoms with Gasteiger partial charge in [0.05, 0.1) is 12.2 Å². The molecule has 0 amide bonds. The number of methoxy groups -OCH3 is 2. The molecular formula is C16H23NO3. The van der Waals surface area contributed by atoms with Gasteiger partial charge in [0, 0.05) is 33.4 Å². The highest BCUT2D eigenvalue weighted by molar-refractivity contribution is 5.38. The average molecular weight is 277 g/mol. The monoisotopic (exact) mass is 277 g/mol. The summed E-state index contributed by atoms with van der Waals surface area (Å²) in [5.41, 5.74) is 2.65. The van der Waals surface area contributed by atoms with E-state index < -0.39 is 0 Å². The molecule has 1 aromatic rings. The van der Waals surface area contributed by atoms with E-state index in [0.717, 1.165) is 19.5 Å². The highest BCUT2D eigenvalue weighted by Gasteiger charge is 2.38. The molecule has 1 saturated heterocycles. The van der Waals surface area contributed by atoms with E-state index in [2.05, 4.69) is 11.0 Å². The number of hydrogen-bond donors (Lipinski definition) is 1. The second kappa shape index (κ2) is 5.72. The molecule has 3 rings (SSSR count).